The molecule has 1 saturated heterocycles. The summed E-state index contributed by atoms with van der Waals surface area (Å²) in [6.07, 6.45) is 5.34. The van der Waals surface area contributed by atoms with E-state index in [0.717, 1.165) is 44.4 Å². The van der Waals surface area contributed by atoms with E-state index >= 15 is 0 Å². The third-order valence-corrected chi connectivity index (χ3v) is 4.97. The molecule has 3 rings (SSSR count). The zero-order valence-electron chi connectivity index (χ0n) is 16.5. The summed E-state index contributed by atoms with van der Waals surface area (Å²) in [5.74, 6) is 1.82. The Balaban J connectivity index is 1.40. The molecule has 0 amide bonds. The Morgan fingerprint density at radius 3 is 2.56 bits per heavy atom. The molecule has 1 aromatic heterocycles. The van der Waals surface area contributed by atoms with Crippen LogP contribution in [0.4, 0.5) is 0 Å². The van der Waals surface area contributed by atoms with Crippen LogP contribution >= 0.6 is 0 Å². The van der Waals surface area contributed by atoms with Gasteiger partial charge in [-0.2, -0.15) is 0 Å². The fraction of sp³-hybridized carbons (Fsp3) is 0.550. The van der Waals surface area contributed by atoms with Crippen LogP contribution in [0.15, 0.2) is 35.6 Å². The first-order valence-electron chi connectivity index (χ1n) is 9.90. The van der Waals surface area contributed by atoms with Gasteiger partial charge in [-0.3, -0.25) is 9.89 Å². The summed E-state index contributed by atoms with van der Waals surface area (Å²) in [5.41, 5.74) is 2.65. The molecule has 7 nitrogen and oxygen atoms in total. The highest BCUT2D eigenvalue weighted by atomic mass is 15.3. The Kier molecular flexibility index (Phi) is 7.21. The van der Waals surface area contributed by atoms with E-state index < -0.39 is 0 Å². The molecule has 1 aromatic carbocycles. The molecular weight excluding hydrogens is 338 g/mol. The number of aryl methyl sites for hydroxylation is 1. The maximum atomic E-state index is 4.30. The highest BCUT2D eigenvalue weighted by molar-refractivity contribution is 5.79. The molecule has 1 aliphatic rings. The molecule has 7 heteroatoms. The van der Waals surface area contributed by atoms with Gasteiger partial charge in [-0.15, -0.1) is 10.2 Å². The lowest BCUT2D eigenvalue weighted by Gasteiger charge is -2.15. The number of aromatic nitrogens is 3. The monoisotopic (exact) mass is 369 g/mol. The van der Waals surface area contributed by atoms with Crippen molar-refractivity contribution >= 4 is 5.96 Å². The van der Waals surface area contributed by atoms with E-state index in [1.54, 1.807) is 13.4 Å². The standard InChI is InChI=1S/C20H31N7/c1-3-19-25-24-16-27(19)13-10-22-20(21-2)23-14-17-6-8-18(9-7-17)15-26-11-4-5-12-26/h6-9,16H,3-5,10-15H2,1-2H3,(H2,21,22,23). The summed E-state index contributed by atoms with van der Waals surface area (Å²) in [4.78, 5) is 6.82. The van der Waals surface area contributed by atoms with Crippen LogP contribution in [0.2, 0.25) is 0 Å². The largest absolute Gasteiger partial charge is 0.355 e. The number of rotatable bonds is 8. The number of benzene rings is 1. The van der Waals surface area contributed by atoms with Crippen LogP contribution in [0.1, 0.15) is 36.7 Å². The maximum Gasteiger partial charge on any atom is 0.191 e. The Labute approximate surface area is 161 Å². The average Bonchev–Trinajstić information content (AvgIpc) is 3.37. The molecule has 0 radical (unpaired) electrons. The fourth-order valence-corrected chi connectivity index (χ4v) is 3.40. The average molecular weight is 370 g/mol. The van der Waals surface area contributed by atoms with Gasteiger partial charge >= 0.3 is 0 Å². The summed E-state index contributed by atoms with van der Waals surface area (Å²) in [7, 11) is 1.80. The second-order valence-corrected chi connectivity index (χ2v) is 6.95. The van der Waals surface area contributed by atoms with Crippen molar-refractivity contribution < 1.29 is 0 Å². The second-order valence-electron chi connectivity index (χ2n) is 6.95. The first kappa shape index (κ1) is 19.4. The zero-order chi connectivity index (χ0) is 18.9. The van der Waals surface area contributed by atoms with Gasteiger partial charge < -0.3 is 15.2 Å². The molecule has 0 saturated carbocycles. The van der Waals surface area contributed by atoms with Gasteiger partial charge in [-0.05, 0) is 37.1 Å². The van der Waals surface area contributed by atoms with Crippen molar-refractivity contribution in [1.29, 1.82) is 0 Å². The van der Waals surface area contributed by atoms with Crippen molar-refractivity contribution in [1.82, 2.24) is 30.3 Å². The molecule has 0 unspecified atom stereocenters. The van der Waals surface area contributed by atoms with Gasteiger partial charge in [0.25, 0.3) is 0 Å². The third kappa shape index (κ3) is 5.79. The van der Waals surface area contributed by atoms with Crippen molar-refractivity contribution in [2.24, 2.45) is 4.99 Å². The van der Waals surface area contributed by atoms with Gasteiger partial charge in [0.1, 0.15) is 12.2 Å². The molecule has 2 heterocycles. The molecule has 1 fully saturated rings. The zero-order valence-corrected chi connectivity index (χ0v) is 16.5. The van der Waals surface area contributed by atoms with Crippen LogP contribution in [0.3, 0.4) is 0 Å². The van der Waals surface area contributed by atoms with Gasteiger partial charge in [-0.1, -0.05) is 31.2 Å². The summed E-state index contributed by atoms with van der Waals surface area (Å²) in [6.45, 7) is 7.99. The molecule has 1 aliphatic heterocycles. The maximum absolute atomic E-state index is 4.30. The summed E-state index contributed by atoms with van der Waals surface area (Å²) in [5, 5.41) is 14.8. The lowest BCUT2D eigenvalue weighted by Crippen LogP contribution is -2.38. The van der Waals surface area contributed by atoms with E-state index in [9.17, 15) is 0 Å². The minimum absolute atomic E-state index is 0.760. The van der Waals surface area contributed by atoms with Crippen molar-refractivity contribution in [2.45, 2.75) is 45.8 Å². The van der Waals surface area contributed by atoms with Gasteiger partial charge in [0.05, 0.1) is 0 Å². The second kappa shape index (κ2) is 10.1. The molecule has 0 aliphatic carbocycles. The van der Waals surface area contributed by atoms with Crippen molar-refractivity contribution in [3.63, 3.8) is 0 Å². The highest BCUT2D eigenvalue weighted by Crippen LogP contribution is 2.13. The number of hydrogen-bond donors (Lipinski definition) is 2. The van der Waals surface area contributed by atoms with E-state index in [1.165, 1.54) is 37.1 Å². The summed E-state index contributed by atoms with van der Waals surface area (Å²) in [6, 6.07) is 8.89. The normalized spacial score (nSPS) is 15.3. The first-order valence-corrected chi connectivity index (χ1v) is 9.90. The van der Waals surface area contributed by atoms with E-state index in [1.807, 2.05) is 0 Å². The number of guanidine groups is 1. The molecule has 0 bridgehead atoms. The van der Waals surface area contributed by atoms with Crippen LogP contribution in [0, 0.1) is 0 Å². The molecule has 2 aromatic rings. The van der Waals surface area contributed by atoms with Crippen molar-refractivity contribution in [3.8, 4) is 0 Å². The van der Waals surface area contributed by atoms with E-state index in [0.29, 0.717) is 0 Å². The van der Waals surface area contributed by atoms with Gasteiger partial charge in [0.15, 0.2) is 5.96 Å². The summed E-state index contributed by atoms with van der Waals surface area (Å²) < 4.78 is 2.07. The molecular formula is C20H31N7. The van der Waals surface area contributed by atoms with Crippen LogP contribution in [-0.4, -0.2) is 52.3 Å². The number of nitrogens with zero attached hydrogens (tertiary/aromatic N) is 5. The Morgan fingerprint density at radius 2 is 1.85 bits per heavy atom. The van der Waals surface area contributed by atoms with Gasteiger partial charge in [0.2, 0.25) is 0 Å². The van der Waals surface area contributed by atoms with E-state index in [4.69, 9.17) is 0 Å². The topological polar surface area (TPSA) is 70.4 Å². The molecule has 27 heavy (non-hydrogen) atoms. The lowest BCUT2D eigenvalue weighted by molar-refractivity contribution is 0.331. The number of aliphatic imine (C=N–C) groups is 1. The quantitative estimate of drug-likeness (QED) is 0.548. The lowest BCUT2D eigenvalue weighted by atomic mass is 10.1. The minimum atomic E-state index is 0.760. The highest BCUT2D eigenvalue weighted by Gasteiger charge is 2.11. The van der Waals surface area contributed by atoms with E-state index in [-0.39, 0.29) is 0 Å². The first-order chi connectivity index (χ1) is 13.3. The molecule has 146 valence electrons. The Bertz CT molecular complexity index is 714. The van der Waals surface area contributed by atoms with Crippen LogP contribution in [0.5, 0.6) is 0 Å². The predicted molar refractivity (Wildman–Crippen MR) is 109 cm³/mol. The Morgan fingerprint density at radius 1 is 1.11 bits per heavy atom. The number of nitrogens with one attached hydrogen (secondary N) is 2. The van der Waals surface area contributed by atoms with Crippen molar-refractivity contribution in [2.75, 3.05) is 26.7 Å². The number of hydrogen-bond acceptors (Lipinski definition) is 4. The van der Waals surface area contributed by atoms with Crippen LogP contribution in [-0.2, 0) is 26.1 Å². The van der Waals surface area contributed by atoms with Crippen LogP contribution in [0.25, 0.3) is 0 Å². The molecule has 2 N–H and O–H groups in total. The third-order valence-electron chi connectivity index (χ3n) is 4.97. The Hall–Kier alpha value is -2.41. The van der Waals surface area contributed by atoms with Gasteiger partial charge in [-0.25, -0.2) is 0 Å². The smallest absolute Gasteiger partial charge is 0.191 e. The van der Waals surface area contributed by atoms with Gasteiger partial charge in [0, 0.05) is 39.6 Å². The van der Waals surface area contributed by atoms with Crippen LogP contribution < -0.4 is 10.6 Å². The molecule has 0 atom stereocenters. The minimum Gasteiger partial charge on any atom is -0.355 e. The predicted octanol–water partition coefficient (Wildman–Crippen LogP) is 1.80. The van der Waals surface area contributed by atoms with Crippen molar-refractivity contribution in [3.05, 3.63) is 47.5 Å². The fourth-order valence-electron chi connectivity index (χ4n) is 3.40. The van der Waals surface area contributed by atoms with E-state index in [2.05, 4.69) is 66.5 Å². The SMILES string of the molecule is CCc1nncn1CCNC(=NC)NCc1ccc(CN2CCCC2)cc1. The number of likely N-dealkylation sites (tertiary alicyclic amines) is 1. The molecule has 0 spiro atoms. The summed E-state index contributed by atoms with van der Waals surface area (Å²) >= 11 is 0.